The van der Waals surface area contributed by atoms with E-state index in [4.69, 9.17) is 0 Å². The van der Waals surface area contributed by atoms with E-state index in [0.29, 0.717) is 0 Å². The Labute approximate surface area is 100 Å². The summed E-state index contributed by atoms with van der Waals surface area (Å²) in [6.45, 7) is 9.05. The van der Waals surface area contributed by atoms with Gasteiger partial charge < -0.3 is 9.80 Å². The summed E-state index contributed by atoms with van der Waals surface area (Å²) in [5, 5.41) is 0.926. The molecule has 15 heavy (non-hydrogen) atoms. The number of likely N-dealkylation sites (tertiary alicyclic amines) is 1. The van der Waals surface area contributed by atoms with Crippen LogP contribution in [-0.2, 0) is 0 Å². The average molecular weight is 232 g/mol. The van der Waals surface area contributed by atoms with Crippen molar-refractivity contribution in [2.24, 2.45) is 0 Å². The number of nitrogens with zero attached hydrogens (tertiary/aromatic N) is 2. The summed E-state index contributed by atoms with van der Waals surface area (Å²) in [4.78, 5) is 4.85. The molecule has 92 valence electrons. The fourth-order valence-electron chi connectivity index (χ4n) is 1.71. The summed E-state index contributed by atoms with van der Waals surface area (Å²) in [6, 6.07) is 0. The molecule has 1 rings (SSSR count). The van der Waals surface area contributed by atoms with Gasteiger partial charge in [-0.05, 0) is 46.3 Å². The van der Waals surface area contributed by atoms with Crippen LogP contribution in [-0.4, -0.2) is 61.6 Å². The third-order valence-corrected chi connectivity index (χ3v) is 3.87. The van der Waals surface area contributed by atoms with E-state index < -0.39 is 0 Å². The highest BCUT2D eigenvalue weighted by atomic mass is 32.2. The molecule has 1 aliphatic heterocycles. The molecule has 0 aromatic carbocycles. The maximum absolute atomic E-state index is 2.59. The van der Waals surface area contributed by atoms with E-state index in [2.05, 4.69) is 30.2 Å². The van der Waals surface area contributed by atoms with Gasteiger partial charge in [-0.1, -0.05) is 13.8 Å². The first-order valence-corrected chi connectivity index (χ1v) is 7.41. The van der Waals surface area contributed by atoms with Gasteiger partial charge in [0.1, 0.15) is 0 Å². The number of hydrogen-bond acceptors (Lipinski definition) is 3. The van der Waals surface area contributed by atoms with Crippen LogP contribution in [0, 0.1) is 0 Å². The van der Waals surface area contributed by atoms with Crippen LogP contribution in [0.25, 0.3) is 0 Å². The van der Waals surface area contributed by atoms with Gasteiger partial charge in [-0.25, -0.2) is 0 Å². The molecule has 0 aliphatic carbocycles. The molecule has 0 radical (unpaired) electrons. The molecule has 2 nitrogen and oxygen atoms in total. The minimum Gasteiger partial charge on any atom is -0.308 e. The smallest absolute Gasteiger partial charge is 0.0109 e. The molecule has 0 saturated carbocycles. The minimum absolute atomic E-state index is 0.926. The van der Waals surface area contributed by atoms with E-state index >= 15 is 0 Å². The second-order valence-electron chi connectivity index (χ2n) is 4.08. The topological polar surface area (TPSA) is 6.48 Å². The van der Waals surface area contributed by atoms with Gasteiger partial charge in [0, 0.05) is 18.3 Å². The zero-order valence-electron chi connectivity index (χ0n) is 11.1. The first-order valence-electron chi connectivity index (χ1n) is 6.12. The molecule has 0 bridgehead atoms. The lowest BCUT2D eigenvalue weighted by Crippen LogP contribution is -2.38. The Morgan fingerprint density at radius 2 is 1.73 bits per heavy atom. The summed E-state index contributed by atoms with van der Waals surface area (Å²) in [5.41, 5.74) is 0. The van der Waals surface area contributed by atoms with Gasteiger partial charge in [0.2, 0.25) is 0 Å². The Kier molecular flexibility index (Phi) is 9.66. The van der Waals surface area contributed by atoms with Gasteiger partial charge in [0.15, 0.2) is 0 Å². The molecule has 0 aromatic heterocycles. The lowest BCUT2D eigenvalue weighted by Gasteiger charge is -2.31. The molecular weight excluding hydrogens is 204 g/mol. The van der Waals surface area contributed by atoms with E-state index in [1.807, 2.05) is 25.6 Å². The Bertz CT molecular complexity index is 132. The molecule has 1 saturated heterocycles. The van der Waals surface area contributed by atoms with Crippen molar-refractivity contribution >= 4 is 11.8 Å². The molecule has 0 amide bonds. The normalized spacial score (nSPS) is 18.8. The Morgan fingerprint density at radius 1 is 1.20 bits per heavy atom. The molecular formula is C12H28N2S. The van der Waals surface area contributed by atoms with E-state index in [9.17, 15) is 0 Å². The van der Waals surface area contributed by atoms with Crippen molar-refractivity contribution in [1.82, 2.24) is 9.80 Å². The fraction of sp³-hybridized carbons (Fsp3) is 1.00. The average Bonchev–Trinajstić information content (AvgIpc) is 2.30. The quantitative estimate of drug-likeness (QED) is 0.735. The SMILES string of the molecule is CC.CSC1CCN(CCN(C)C)CC1. The van der Waals surface area contributed by atoms with E-state index in [1.165, 1.54) is 39.0 Å². The van der Waals surface area contributed by atoms with Gasteiger partial charge in [-0.15, -0.1) is 0 Å². The van der Waals surface area contributed by atoms with Crippen LogP contribution >= 0.6 is 11.8 Å². The van der Waals surface area contributed by atoms with E-state index in [0.717, 1.165) is 5.25 Å². The zero-order valence-corrected chi connectivity index (χ0v) is 11.9. The van der Waals surface area contributed by atoms with Gasteiger partial charge in [-0.3, -0.25) is 0 Å². The van der Waals surface area contributed by atoms with Crippen LogP contribution in [0.15, 0.2) is 0 Å². The Balaban J connectivity index is 0.000000921. The standard InChI is InChI=1S/C10H22N2S.C2H6/c1-11(2)8-9-12-6-4-10(13-3)5-7-12;1-2/h10H,4-9H2,1-3H3;1-2H3. The number of thioether (sulfide) groups is 1. The zero-order chi connectivity index (χ0) is 11.7. The first kappa shape index (κ1) is 15.3. The number of hydrogen-bond donors (Lipinski definition) is 0. The summed E-state index contributed by atoms with van der Waals surface area (Å²) in [5.74, 6) is 0. The van der Waals surface area contributed by atoms with Crippen LogP contribution in [0.5, 0.6) is 0 Å². The number of piperidine rings is 1. The molecule has 0 aromatic rings. The fourth-order valence-corrected chi connectivity index (χ4v) is 2.39. The number of likely N-dealkylation sites (N-methyl/N-ethyl adjacent to an activating group) is 1. The van der Waals surface area contributed by atoms with Crippen molar-refractivity contribution in [3.8, 4) is 0 Å². The molecule has 0 N–H and O–H groups in total. The second-order valence-corrected chi connectivity index (χ2v) is 5.22. The van der Waals surface area contributed by atoms with Crippen LogP contribution in [0.3, 0.4) is 0 Å². The van der Waals surface area contributed by atoms with E-state index in [-0.39, 0.29) is 0 Å². The van der Waals surface area contributed by atoms with E-state index in [1.54, 1.807) is 0 Å². The lowest BCUT2D eigenvalue weighted by atomic mass is 10.1. The molecule has 0 spiro atoms. The van der Waals surface area contributed by atoms with Gasteiger partial charge >= 0.3 is 0 Å². The summed E-state index contributed by atoms with van der Waals surface area (Å²) >= 11 is 2.04. The van der Waals surface area contributed by atoms with Gasteiger partial charge in [0.25, 0.3) is 0 Å². The van der Waals surface area contributed by atoms with Crippen molar-refractivity contribution in [3.63, 3.8) is 0 Å². The highest BCUT2D eigenvalue weighted by Gasteiger charge is 2.17. The maximum atomic E-state index is 2.59. The molecule has 3 heteroatoms. The molecule has 1 aliphatic rings. The van der Waals surface area contributed by atoms with Crippen molar-refractivity contribution in [2.45, 2.75) is 31.9 Å². The van der Waals surface area contributed by atoms with Crippen molar-refractivity contribution in [1.29, 1.82) is 0 Å². The van der Waals surface area contributed by atoms with Crippen molar-refractivity contribution in [2.75, 3.05) is 46.5 Å². The Hall–Kier alpha value is 0.270. The highest BCUT2D eigenvalue weighted by molar-refractivity contribution is 7.99. The van der Waals surface area contributed by atoms with Gasteiger partial charge in [-0.2, -0.15) is 11.8 Å². The van der Waals surface area contributed by atoms with Crippen LogP contribution in [0.2, 0.25) is 0 Å². The van der Waals surface area contributed by atoms with Crippen LogP contribution in [0.4, 0.5) is 0 Å². The number of rotatable bonds is 4. The van der Waals surface area contributed by atoms with Crippen molar-refractivity contribution < 1.29 is 0 Å². The second kappa shape index (κ2) is 9.49. The third-order valence-electron chi connectivity index (χ3n) is 2.73. The molecule has 0 atom stereocenters. The van der Waals surface area contributed by atoms with Crippen molar-refractivity contribution in [3.05, 3.63) is 0 Å². The monoisotopic (exact) mass is 232 g/mol. The first-order chi connectivity index (χ1) is 7.22. The van der Waals surface area contributed by atoms with Crippen LogP contribution < -0.4 is 0 Å². The highest BCUT2D eigenvalue weighted by Crippen LogP contribution is 2.20. The minimum atomic E-state index is 0.926. The predicted octanol–water partition coefficient (Wildman–Crippen LogP) is 2.40. The molecule has 0 unspecified atom stereocenters. The Morgan fingerprint density at radius 3 is 2.13 bits per heavy atom. The summed E-state index contributed by atoms with van der Waals surface area (Å²) in [7, 11) is 4.29. The molecule has 1 heterocycles. The lowest BCUT2D eigenvalue weighted by molar-refractivity contribution is 0.210. The third kappa shape index (κ3) is 7.20. The van der Waals surface area contributed by atoms with Crippen LogP contribution in [0.1, 0.15) is 26.7 Å². The maximum Gasteiger partial charge on any atom is 0.0109 e. The largest absolute Gasteiger partial charge is 0.308 e. The predicted molar refractivity (Wildman–Crippen MR) is 72.9 cm³/mol. The molecule has 1 fully saturated rings. The summed E-state index contributed by atoms with van der Waals surface area (Å²) in [6.07, 6.45) is 5.00. The van der Waals surface area contributed by atoms with Gasteiger partial charge in [0.05, 0.1) is 0 Å². The summed E-state index contributed by atoms with van der Waals surface area (Å²) < 4.78 is 0.